The lowest BCUT2D eigenvalue weighted by Gasteiger charge is -2.08. The molecular formula is C17H26N2O6S. The van der Waals surface area contributed by atoms with Gasteiger partial charge in [-0.2, -0.15) is 8.42 Å². The van der Waals surface area contributed by atoms with Crippen LogP contribution in [0.2, 0.25) is 0 Å². The van der Waals surface area contributed by atoms with Crippen molar-refractivity contribution in [1.82, 2.24) is 10.6 Å². The van der Waals surface area contributed by atoms with Crippen molar-refractivity contribution in [3.8, 4) is 0 Å². The van der Waals surface area contributed by atoms with Crippen molar-refractivity contribution in [3.63, 3.8) is 0 Å². The van der Waals surface area contributed by atoms with E-state index < -0.39 is 16.2 Å². The minimum atomic E-state index is -3.87. The number of amides is 2. The molecule has 0 saturated heterocycles. The van der Waals surface area contributed by atoms with Crippen LogP contribution in [0, 0.1) is 0 Å². The van der Waals surface area contributed by atoms with Gasteiger partial charge in [-0.15, -0.1) is 0 Å². The van der Waals surface area contributed by atoms with Crippen LogP contribution in [-0.4, -0.2) is 43.8 Å². The fourth-order valence-corrected chi connectivity index (χ4v) is 2.73. The van der Waals surface area contributed by atoms with Gasteiger partial charge in [-0.25, -0.2) is 4.79 Å². The number of nitrogens with one attached hydrogen (secondary N) is 2. The van der Waals surface area contributed by atoms with Crippen molar-refractivity contribution in [2.45, 2.75) is 38.7 Å². The smallest absolute Gasteiger partial charge is 0.407 e. The molecule has 0 radical (unpaired) electrons. The van der Waals surface area contributed by atoms with Crippen LogP contribution in [0.15, 0.2) is 30.3 Å². The summed E-state index contributed by atoms with van der Waals surface area (Å²) in [5.74, 6) is -0.511. The lowest BCUT2D eigenvalue weighted by Crippen LogP contribution is -2.37. The molecule has 1 aromatic rings. The van der Waals surface area contributed by atoms with Gasteiger partial charge in [0.15, 0.2) is 0 Å². The molecule has 3 N–H and O–H groups in total. The monoisotopic (exact) mass is 386 g/mol. The number of hydrogen-bond acceptors (Lipinski definition) is 5. The average molecular weight is 386 g/mol. The molecule has 0 spiro atoms. The lowest BCUT2D eigenvalue weighted by molar-refractivity contribution is -0.120. The first-order valence-corrected chi connectivity index (χ1v) is 10.1. The highest BCUT2D eigenvalue weighted by molar-refractivity contribution is 7.85. The number of ether oxygens (including phenoxy) is 1. The van der Waals surface area contributed by atoms with Crippen molar-refractivity contribution in [2.75, 3.05) is 18.8 Å². The highest BCUT2D eigenvalue weighted by atomic mass is 32.2. The maximum atomic E-state index is 11.6. The lowest BCUT2D eigenvalue weighted by atomic mass is 10.1. The summed E-state index contributed by atoms with van der Waals surface area (Å²) in [6, 6.07) is 9.23. The molecule has 0 aliphatic rings. The molecular weight excluding hydrogens is 360 g/mol. The van der Waals surface area contributed by atoms with Crippen LogP contribution < -0.4 is 10.6 Å². The summed E-state index contributed by atoms with van der Waals surface area (Å²) in [4.78, 5) is 23.1. The largest absolute Gasteiger partial charge is 0.445 e. The summed E-state index contributed by atoms with van der Waals surface area (Å²) in [7, 11) is -3.87. The summed E-state index contributed by atoms with van der Waals surface area (Å²) in [6.45, 7) is 0.478. The number of hydrogen-bond donors (Lipinski definition) is 3. The van der Waals surface area contributed by atoms with Gasteiger partial charge < -0.3 is 15.4 Å². The molecule has 0 atom stereocenters. The highest BCUT2D eigenvalue weighted by Crippen LogP contribution is 2.04. The highest BCUT2D eigenvalue weighted by Gasteiger charge is 2.06. The van der Waals surface area contributed by atoms with Crippen LogP contribution in [0.5, 0.6) is 0 Å². The predicted molar refractivity (Wildman–Crippen MR) is 97.1 cm³/mol. The van der Waals surface area contributed by atoms with E-state index in [1.807, 2.05) is 30.3 Å². The number of carbonyl (C=O) groups excluding carboxylic acids is 2. The van der Waals surface area contributed by atoms with Crippen molar-refractivity contribution in [2.24, 2.45) is 0 Å². The Labute approximate surface area is 154 Å². The van der Waals surface area contributed by atoms with Crippen molar-refractivity contribution in [3.05, 3.63) is 35.9 Å². The van der Waals surface area contributed by atoms with Gasteiger partial charge in [-0.3, -0.25) is 9.35 Å². The normalized spacial score (nSPS) is 11.0. The maximum absolute atomic E-state index is 11.6. The van der Waals surface area contributed by atoms with E-state index in [1.165, 1.54) is 0 Å². The second kappa shape index (κ2) is 12.3. The first-order valence-electron chi connectivity index (χ1n) is 8.53. The van der Waals surface area contributed by atoms with Gasteiger partial charge in [-0.1, -0.05) is 49.6 Å². The Bertz CT molecular complexity index is 648. The molecule has 0 bridgehead atoms. The van der Waals surface area contributed by atoms with Crippen LogP contribution in [0.1, 0.15) is 37.7 Å². The summed E-state index contributed by atoms with van der Waals surface area (Å²) in [6.07, 6.45) is 2.93. The number of unbranched alkanes of at least 4 members (excludes halogenated alkanes) is 4. The maximum Gasteiger partial charge on any atom is 0.407 e. The first-order chi connectivity index (χ1) is 12.4. The Morgan fingerprint density at radius 2 is 1.62 bits per heavy atom. The number of alkyl carbamates (subject to hydrolysis) is 1. The summed E-state index contributed by atoms with van der Waals surface area (Å²) < 4.78 is 34.6. The van der Waals surface area contributed by atoms with Gasteiger partial charge in [0, 0.05) is 6.54 Å². The van der Waals surface area contributed by atoms with Gasteiger partial charge in [0.2, 0.25) is 5.91 Å². The Balaban J connectivity index is 1.97. The van der Waals surface area contributed by atoms with Gasteiger partial charge in [0.1, 0.15) is 6.61 Å². The second-order valence-electron chi connectivity index (χ2n) is 5.82. The molecule has 0 aromatic heterocycles. The van der Waals surface area contributed by atoms with E-state index in [9.17, 15) is 18.0 Å². The van der Waals surface area contributed by atoms with Crippen LogP contribution in [0.25, 0.3) is 0 Å². The number of rotatable bonds is 12. The van der Waals surface area contributed by atoms with E-state index in [-0.39, 0.29) is 24.8 Å². The summed E-state index contributed by atoms with van der Waals surface area (Å²) >= 11 is 0. The van der Waals surface area contributed by atoms with Crippen LogP contribution >= 0.6 is 0 Å². The third kappa shape index (κ3) is 12.3. The Morgan fingerprint density at radius 1 is 0.962 bits per heavy atom. The quantitative estimate of drug-likeness (QED) is 0.372. The van der Waals surface area contributed by atoms with Crippen LogP contribution in [0.3, 0.4) is 0 Å². The van der Waals surface area contributed by atoms with E-state index in [4.69, 9.17) is 9.29 Å². The Kier molecular flexibility index (Phi) is 10.3. The van der Waals surface area contributed by atoms with Gasteiger partial charge in [0.25, 0.3) is 10.1 Å². The Morgan fingerprint density at radius 3 is 2.31 bits per heavy atom. The fourth-order valence-electron chi connectivity index (χ4n) is 2.16. The molecule has 0 fully saturated rings. The molecule has 0 heterocycles. The molecule has 26 heavy (non-hydrogen) atoms. The predicted octanol–water partition coefficient (Wildman–Crippen LogP) is 1.87. The fraction of sp³-hybridized carbons (Fsp3) is 0.529. The average Bonchev–Trinajstić information content (AvgIpc) is 2.60. The number of carbonyl (C=O) groups is 2. The minimum absolute atomic E-state index is 0.145. The molecule has 9 heteroatoms. The third-order valence-electron chi connectivity index (χ3n) is 3.51. The molecule has 0 unspecified atom stereocenters. The van der Waals surface area contributed by atoms with Gasteiger partial charge in [-0.05, 0) is 18.4 Å². The zero-order valence-electron chi connectivity index (χ0n) is 14.6. The number of benzene rings is 1. The molecule has 146 valence electrons. The van der Waals surface area contributed by atoms with E-state index >= 15 is 0 Å². The summed E-state index contributed by atoms with van der Waals surface area (Å²) in [5, 5.41) is 5.06. The molecule has 1 aromatic carbocycles. The topological polar surface area (TPSA) is 122 Å². The van der Waals surface area contributed by atoms with Crippen LogP contribution in [-0.2, 0) is 26.3 Å². The molecule has 0 saturated carbocycles. The van der Waals surface area contributed by atoms with Gasteiger partial charge >= 0.3 is 6.09 Å². The summed E-state index contributed by atoms with van der Waals surface area (Å²) in [5.41, 5.74) is 0.865. The standard InChI is InChI=1S/C17H26N2O6S/c20-16(18-11-7-2-1-3-8-12-26(22,23)24)13-19-17(21)25-14-15-9-5-4-6-10-15/h4-6,9-10H,1-3,7-8,11-14H2,(H,18,20)(H,19,21)(H,22,23,24). The first kappa shape index (κ1) is 21.9. The van der Waals surface area contributed by atoms with Crippen molar-refractivity contribution >= 4 is 22.1 Å². The zero-order chi connectivity index (χ0) is 19.3. The molecule has 0 aliphatic carbocycles. The third-order valence-corrected chi connectivity index (χ3v) is 4.31. The van der Waals surface area contributed by atoms with Gasteiger partial charge in [0.05, 0.1) is 12.3 Å². The van der Waals surface area contributed by atoms with Crippen LogP contribution in [0.4, 0.5) is 4.79 Å². The molecule has 0 aliphatic heterocycles. The van der Waals surface area contributed by atoms with E-state index in [0.717, 1.165) is 24.8 Å². The van der Waals surface area contributed by atoms with E-state index in [1.54, 1.807) is 0 Å². The van der Waals surface area contributed by atoms with E-state index in [2.05, 4.69) is 10.6 Å². The molecule has 1 rings (SSSR count). The zero-order valence-corrected chi connectivity index (χ0v) is 15.5. The van der Waals surface area contributed by atoms with E-state index in [0.29, 0.717) is 19.4 Å². The van der Waals surface area contributed by atoms with Crippen molar-refractivity contribution in [1.29, 1.82) is 0 Å². The Hall–Kier alpha value is -2.13. The molecule has 8 nitrogen and oxygen atoms in total. The van der Waals surface area contributed by atoms with Crippen molar-refractivity contribution < 1.29 is 27.3 Å². The minimum Gasteiger partial charge on any atom is -0.445 e. The molecule has 2 amide bonds. The SMILES string of the molecule is O=C(CNC(=O)OCc1ccccc1)NCCCCCCCS(=O)(=O)O. The second-order valence-corrected chi connectivity index (χ2v) is 7.39.